The van der Waals surface area contributed by atoms with Gasteiger partial charge in [-0.2, -0.15) is 0 Å². The van der Waals surface area contributed by atoms with Crippen molar-refractivity contribution < 1.29 is 14.3 Å². The lowest BCUT2D eigenvalue weighted by atomic mass is 10.2. The van der Waals surface area contributed by atoms with Gasteiger partial charge < -0.3 is 10.1 Å². The van der Waals surface area contributed by atoms with Crippen LogP contribution < -0.4 is 5.32 Å². The van der Waals surface area contributed by atoms with Crippen LogP contribution in [0, 0.1) is 0 Å². The first-order chi connectivity index (χ1) is 8.67. The first kappa shape index (κ1) is 14.0. The van der Waals surface area contributed by atoms with Crippen molar-refractivity contribution in [1.29, 1.82) is 0 Å². The zero-order valence-corrected chi connectivity index (χ0v) is 10.6. The van der Waals surface area contributed by atoms with Crippen molar-refractivity contribution in [1.82, 2.24) is 5.32 Å². The molecule has 1 aromatic carbocycles. The Morgan fingerprint density at radius 2 is 2.06 bits per heavy atom. The minimum Gasteiger partial charge on any atom is -0.464 e. The largest absolute Gasteiger partial charge is 0.464 e. The molecule has 0 aromatic heterocycles. The van der Waals surface area contributed by atoms with Crippen molar-refractivity contribution >= 4 is 18.3 Å². The van der Waals surface area contributed by atoms with E-state index in [4.69, 9.17) is 4.74 Å². The molecular weight excluding hydrogens is 230 g/mol. The molecule has 1 unspecified atom stereocenters. The monoisotopic (exact) mass is 247 g/mol. The average molecular weight is 247 g/mol. The van der Waals surface area contributed by atoms with Crippen LogP contribution in [-0.4, -0.2) is 24.9 Å². The number of allylic oxidation sites excluding steroid dienone is 1. The van der Waals surface area contributed by atoms with E-state index in [0.717, 1.165) is 5.56 Å². The molecule has 0 aliphatic heterocycles. The van der Waals surface area contributed by atoms with Gasteiger partial charge in [0.25, 0.3) is 0 Å². The lowest BCUT2D eigenvalue weighted by Gasteiger charge is -2.13. The summed E-state index contributed by atoms with van der Waals surface area (Å²) in [6.07, 6.45) is 2.37. The number of carbonyl (C=O) groups is 2. The van der Waals surface area contributed by atoms with E-state index in [9.17, 15) is 9.59 Å². The minimum absolute atomic E-state index is 0.323. The Kier molecular flexibility index (Phi) is 5.64. The van der Waals surface area contributed by atoms with Crippen molar-refractivity contribution in [3.63, 3.8) is 0 Å². The second-order valence-electron chi connectivity index (χ2n) is 3.75. The Labute approximate surface area is 107 Å². The first-order valence-electron chi connectivity index (χ1n) is 5.82. The van der Waals surface area contributed by atoms with Crippen molar-refractivity contribution in [2.24, 2.45) is 0 Å². The molecule has 0 saturated carbocycles. The summed E-state index contributed by atoms with van der Waals surface area (Å²) in [7, 11) is 0. The van der Waals surface area contributed by atoms with Crippen molar-refractivity contribution in [3.05, 3.63) is 41.6 Å². The zero-order chi connectivity index (χ0) is 13.4. The predicted octanol–water partition coefficient (Wildman–Crippen LogP) is 1.77. The van der Waals surface area contributed by atoms with Crippen LogP contribution in [0.4, 0.5) is 0 Å². The SMILES string of the molecule is CCOC(=O)C(C)N/C(C=O)=C/c1ccccc1. The molecule has 1 atom stereocenters. The van der Waals surface area contributed by atoms with Crippen LogP contribution in [0.3, 0.4) is 0 Å². The summed E-state index contributed by atoms with van der Waals surface area (Å²) in [6.45, 7) is 3.72. The quantitative estimate of drug-likeness (QED) is 0.473. The molecule has 1 N–H and O–H groups in total. The molecule has 0 amide bonds. The number of hydrogen-bond acceptors (Lipinski definition) is 4. The van der Waals surface area contributed by atoms with E-state index in [1.807, 2.05) is 30.3 Å². The topological polar surface area (TPSA) is 55.4 Å². The fourth-order valence-corrected chi connectivity index (χ4v) is 1.41. The Bertz CT molecular complexity index is 426. The summed E-state index contributed by atoms with van der Waals surface area (Å²) < 4.78 is 4.85. The fourth-order valence-electron chi connectivity index (χ4n) is 1.41. The molecular formula is C14H17NO3. The van der Waals surface area contributed by atoms with Gasteiger partial charge in [0.2, 0.25) is 0 Å². The van der Waals surface area contributed by atoms with Gasteiger partial charge in [0.05, 0.1) is 12.3 Å². The molecule has 4 nitrogen and oxygen atoms in total. The summed E-state index contributed by atoms with van der Waals surface area (Å²) >= 11 is 0. The summed E-state index contributed by atoms with van der Waals surface area (Å²) in [5.41, 5.74) is 1.24. The van der Waals surface area contributed by atoms with Gasteiger partial charge in [-0.3, -0.25) is 4.79 Å². The standard InChI is InChI=1S/C14H17NO3/c1-3-18-14(17)11(2)15-13(10-16)9-12-7-5-4-6-8-12/h4-11,15H,3H2,1-2H3/b13-9+. The maximum Gasteiger partial charge on any atom is 0.328 e. The molecule has 1 rings (SSSR count). The number of rotatable bonds is 6. The molecule has 96 valence electrons. The molecule has 0 fully saturated rings. The number of esters is 1. The highest BCUT2D eigenvalue weighted by atomic mass is 16.5. The molecule has 4 heteroatoms. The number of aldehydes is 1. The lowest BCUT2D eigenvalue weighted by Crippen LogP contribution is -2.35. The number of nitrogens with one attached hydrogen (secondary N) is 1. The summed E-state index contributed by atoms with van der Waals surface area (Å²) in [4.78, 5) is 22.4. The lowest BCUT2D eigenvalue weighted by molar-refractivity contribution is -0.144. The summed E-state index contributed by atoms with van der Waals surface area (Å²) in [5.74, 6) is -0.377. The molecule has 0 aliphatic rings. The van der Waals surface area contributed by atoms with E-state index >= 15 is 0 Å². The third-order valence-corrected chi connectivity index (χ3v) is 2.27. The molecule has 0 bridgehead atoms. The number of carbonyl (C=O) groups excluding carboxylic acids is 2. The number of ether oxygens (including phenoxy) is 1. The average Bonchev–Trinajstić information content (AvgIpc) is 2.39. The van der Waals surface area contributed by atoms with E-state index in [2.05, 4.69) is 5.32 Å². The fraction of sp³-hybridized carbons (Fsp3) is 0.286. The minimum atomic E-state index is -0.551. The van der Waals surface area contributed by atoms with Crippen LogP contribution in [0.25, 0.3) is 6.08 Å². The normalized spacial score (nSPS) is 12.7. The van der Waals surface area contributed by atoms with Crippen LogP contribution >= 0.6 is 0 Å². The third kappa shape index (κ3) is 4.41. The first-order valence-corrected chi connectivity index (χ1v) is 5.82. The Hall–Kier alpha value is -2.10. The van der Waals surface area contributed by atoms with Crippen LogP contribution in [0.5, 0.6) is 0 Å². The van der Waals surface area contributed by atoms with Crippen LogP contribution in [0.2, 0.25) is 0 Å². The van der Waals surface area contributed by atoms with E-state index in [-0.39, 0.29) is 5.97 Å². The molecule has 0 radical (unpaired) electrons. The molecule has 0 heterocycles. The Balaban J connectivity index is 2.70. The molecule has 18 heavy (non-hydrogen) atoms. The van der Waals surface area contributed by atoms with Gasteiger partial charge >= 0.3 is 5.97 Å². The highest BCUT2D eigenvalue weighted by molar-refractivity contribution is 5.83. The highest BCUT2D eigenvalue weighted by Gasteiger charge is 2.14. The van der Waals surface area contributed by atoms with Gasteiger partial charge in [0, 0.05) is 0 Å². The van der Waals surface area contributed by atoms with Gasteiger partial charge in [-0.1, -0.05) is 30.3 Å². The summed E-state index contributed by atoms with van der Waals surface area (Å²) in [5, 5.41) is 2.82. The van der Waals surface area contributed by atoms with Gasteiger partial charge in [0.15, 0.2) is 6.29 Å². The molecule has 0 spiro atoms. The van der Waals surface area contributed by atoms with Gasteiger partial charge in [-0.15, -0.1) is 0 Å². The van der Waals surface area contributed by atoms with Crippen LogP contribution in [0.1, 0.15) is 19.4 Å². The maximum atomic E-state index is 11.4. The van der Waals surface area contributed by atoms with E-state index in [1.165, 1.54) is 0 Å². The van der Waals surface area contributed by atoms with Gasteiger partial charge in [0.1, 0.15) is 6.04 Å². The molecule has 1 aromatic rings. The van der Waals surface area contributed by atoms with Crippen molar-refractivity contribution in [2.45, 2.75) is 19.9 Å². The molecule has 0 aliphatic carbocycles. The van der Waals surface area contributed by atoms with E-state index < -0.39 is 6.04 Å². The number of hydrogen-bond donors (Lipinski definition) is 1. The van der Waals surface area contributed by atoms with Crippen molar-refractivity contribution in [3.8, 4) is 0 Å². The van der Waals surface area contributed by atoms with Gasteiger partial charge in [-0.05, 0) is 25.5 Å². The zero-order valence-electron chi connectivity index (χ0n) is 10.6. The number of benzene rings is 1. The van der Waals surface area contributed by atoms with Crippen molar-refractivity contribution in [2.75, 3.05) is 6.61 Å². The van der Waals surface area contributed by atoms with E-state index in [1.54, 1.807) is 19.9 Å². The Morgan fingerprint density at radius 3 is 2.61 bits per heavy atom. The third-order valence-electron chi connectivity index (χ3n) is 2.27. The maximum absolute atomic E-state index is 11.4. The second kappa shape index (κ2) is 7.27. The van der Waals surface area contributed by atoms with Crippen LogP contribution in [-0.2, 0) is 14.3 Å². The highest BCUT2D eigenvalue weighted by Crippen LogP contribution is 2.04. The Morgan fingerprint density at radius 1 is 1.39 bits per heavy atom. The van der Waals surface area contributed by atoms with E-state index in [0.29, 0.717) is 18.6 Å². The molecule has 0 saturated heterocycles. The predicted molar refractivity (Wildman–Crippen MR) is 69.7 cm³/mol. The van der Waals surface area contributed by atoms with Gasteiger partial charge in [-0.25, -0.2) is 4.79 Å². The smallest absolute Gasteiger partial charge is 0.328 e. The second-order valence-corrected chi connectivity index (χ2v) is 3.75. The summed E-state index contributed by atoms with van der Waals surface area (Å²) in [6, 6.07) is 8.85. The van der Waals surface area contributed by atoms with Crippen LogP contribution in [0.15, 0.2) is 36.0 Å².